The molecule has 1 saturated carbocycles. The van der Waals surface area contributed by atoms with E-state index in [1.807, 2.05) is 7.05 Å². The number of piperidine rings is 1. The first-order valence-electron chi connectivity index (χ1n) is 12.2. The minimum Gasteiger partial charge on any atom is -0.378 e. The number of ether oxygens (including phenoxy) is 1. The van der Waals surface area contributed by atoms with Crippen LogP contribution < -0.4 is 10.6 Å². The van der Waals surface area contributed by atoms with E-state index in [0.29, 0.717) is 12.1 Å². The molecule has 2 fully saturated rings. The first kappa shape index (κ1) is 26.4. The van der Waals surface area contributed by atoms with Gasteiger partial charge in [0.2, 0.25) is 0 Å². The Labute approximate surface area is 206 Å². The first-order valence-corrected chi connectivity index (χ1v) is 12.2. The Morgan fingerprint density at radius 3 is 2.39 bits per heavy atom. The molecular weight excluding hydrogens is 499 g/mol. The summed E-state index contributed by atoms with van der Waals surface area (Å²) in [5, 5.41) is 7.11. The lowest BCUT2D eigenvalue weighted by molar-refractivity contribution is 0.0411. The Bertz CT molecular complexity index is 597. The molecule has 1 aliphatic heterocycles. The van der Waals surface area contributed by atoms with Crippen molar-refractivity contribution >= 4 is 29.9 Å². The van der Waals surface area contributed by atoms with Crippen LogP contribution in [0.1, 0.15) is 69.8 Å². The maximum atomic E-state index is 6.09. The minimum atomic E-state index is 0. The predicted molar refractivity (Wildman–Crippen MR) is 141 cm³/mol. The summed E-state index contributed by atoms with van der Waals surface area (Å²) >= 11 is 0. The summed E-state index contributed by atoms with van der Waals surface area (Å²) in [5.41, 5.74) is 1.41. The fourth-order valence-electron chi connectivity index (χ4n) is 4.56. The van der Waals surface area contributed by atoms with Gasteiger partial charge in [-0.15, -0.1) is 24.0 Å². The second-order valence-electron chi connectivity index (χ2n) is 8.87. The molecule has 1 saturated heterocycles. The highest BCUT2D eigenvalue weighted by molar-refractivity contribution is 14.0. The Kier molecular flexibility index (Phi) is 13.5. The average molecular weight is 543 g/mol. The summed E-state index contributed by atoms with van der Waals surface area (Å²) in [5.74, 6) is 0.946. The SMILES string of the molecule is CN=C(NCCCCOC1CCCCCC1)NC1CCN(Cc2ccccc2)CC1.I. The molecule has 0 spiro atoms. The van der Waals surface area contributed by atoms with Crippen molar-refractivity contribution < 1.29 is 4.74 Å². The van der Waals surface area contributed by atoms with Gasteiger partial charge in [0.05, 0.1) is 6.10 Å². The van der Waals surface area contributed by atoms with E-state index in [4.69, 9.17) is 4.74 Å². The van der Waals surface area contributed by atoms with Crippen LogP contribution in [-0.2, 0) is 11.3 Å². The normalized spacial score (nSPS) is 19.5. The topological polar surface area (TPSA) is 48.9 Å². The number of rotatable bonds is 9. The third kappa shape index (κ3) is 10.5. The lowest BCUT2D eigenvalue weighted by Gasteiger charge is -2.33. The van der Waals surface area contributed by atoms with Crippen molar-refractivity contribution in [3.63, 3.8) is 0 Å². The summed E-state index contributed by atoms with van der Waals surface area (Å²) in [4.78, 5) is 6.97. The van der Waals surface area contributed by atoms with E-state index in [9.17, 15) is 0 Å². The number of benzene rings is 1. The van der Waals surface area contributed by atoms with Gasteiger partial charge in [0, 0.05) is 45.9 Å². The van der Waals surface area contributed by atoms with E-state index in [1.165, 1.54) is 56.9 Å². The van der Waals surface area contributed by atoms with Crippen LogP contribution in [0.3, 0.4) is 0 Å². The Hall–Kier alpha value is -0.860. The van der Waals surface area contributed by atoms with Crippen LogP contribution in [0, 0.1) is 0 Å². The molecule has 31 heavy (non-hydrogen) atoms. The number of hydrogen-bond donors (Lipinski definition) is 2. The maximum absolute atomic E-state index is 6.09. The summed E-state index contributed by atoms with van der Waals surface area (Å²) in [6.45, 7) is 5.20. The molecule has 0 amide bonds. The van der Waals surface area contributed by atoms with Gasteiger partial charge in [-0.2, -0.15) is 0 Å². The molecule has 0 radical (unpaired) electrons. The van der Waals surface area contributed by atoms with E-state index < -0.39 is 0 Å². The molecule has 176 valence electrons. The van der Waals surface area contributed by atoms with E-state index in [-0.39, 0.29) is 24.0 Å². The molecular formula is C25H43IN4O. The molecule has 1 heterocycles. The van der Waals surface area contributed by atoms with Gasteiger partial charge in [-0.3, -0.25) is 9.89 Å². The minimum absolute atomic E-state index is 0. The van der Waals surface area contributed by atoms with Crippen LogP contribution >= 0.6 is 24.0 Å². The highest BCUT2D eigenvalue weighted by atomic mass is 127. The molecule has 1 aliphatic carbocycles. The Morgan fingerprint density at radius 2 is 1.71 bits per heavy atom. The maximum Gasteiger partial charge on any atom is 0.191 e. The van der Waals surface area contributed by atoms with Crippen LogP contribution in [-0.4, -0.2) is 56.3 Å². The van der Waals surface area contributed by atoms with Crippen LogP contribution in [0.5, 0.6) is 0 Å². The van der Waals surface area contributed by atoms with Crippen molar-refractivity contribution in [2.45, 2.75) is 82.9 Å². The van der Waals surface area contributed by atoms with Gasteiger partial charge in [0.25, 0.3) is 0 Å². The van der Waals surface area contributed by atoms with Crippen molar-refractivity contribution in [3.05, 3.63) is 35.9 Å². The number of nitrogens with one attached hydrogen (secondary N) is 2. The Morgan fingerprint density at radius 1 is 1.00 bits per heavy atom. The molecule has 1 aromatic rings. The van der Waals surface area contributed by atoms with Gasteiger partial charge in [-0.05, 0) is 44.1 Å². The lowest BCUT2D eigenvalue weighted by Crippen LogP contribution is -2.48. The smallest absolute Gasteiger partial charge is 0.191 e. The van der Waals surface area contributed by atoms with Crippen LogP contribution in [0.4, 0.5) is 0 Å². The third-order valence-corrected chi connectivity index (χ3v) is 6.42. The number of aliphatic imine (C=N–C) groups is 1. The highest BCUT2D eigenvalue weighted by Gasteiger charge is 2.20. The van der Waals surface area contributed by atoms with E-state index in [0.717, 1.165) is 51.6 Å². The number of guanidine groups is 1. The molecule has 0 aromatic heterocycles. The molecule has 2 aliphatic rings. The second-order valence-corrected chi connectivity index (χ2v) is 8.87. The van der Waals surface area contributed by atoms with Crippen LogP contribution in [0.15, 0.2) is 35.3 Å². The highest BCUT2D eigenvalue weighted by Crippen LogP contribution is 2.20. The van der Waals surface area contributed by atoms with Gasteiger partial charge in [-0.25, -0.2) is 0 Å². The van der Waals surface area contributed by atoms with Gasteiger partial charge in [0.1, 0.15) is 0 Å². The fraction of sp³-hybridized carbons (Fsp3) is 0.720. The van der Waals surface area contributed by atoms with E-state index in [1.54, 1.807) is 0 Å². The zero-order valence-electron chi connectivity index (χ0n) is 19.4. The average Bonchev–Trinajstić information content (AvgIpc) is 3.06. The third-order valence-electron chi connectivity index (χ3n) is 6.42. The standard InChI is InChI=1S/C25H42N4O.HI/c1-26-25(27-17-9-10-20-30-24-13-7-2-3-8-14-24)28-23-15-18-29(19-16-23)21-22-11-5-4-6-12-22;/h4-6,11-12,23-24H,2-3,7-10,13-21H2,1H3,(H2,26,27,28);1H. The van der Waals surface area contributed by atoms with Gasteiger partial charge >= 0.3 is 0 Å². The van der Waals surface area contributed by atoms with Gasteiger partial charge < -0.3 is 15.4 Å². The Balaban J connectivity index is 0.00000341. The summed E-state index contributed by atoms with van der Waals surface area (Å²) in [7, 11) is 1.87. The lowest BCUT2D eigenvalue weighted by atomic mass is 10.0. The molecule has 0 bridgehead atoms. The molecule has 1 aromatic carbocycles. The van der Waals surface area contributed by atoms with Crippen molar-refractivity contribution in [3.8, 4) is 0 Å². The van der Waals surface area contributed by atoms with Crippen molar-refractivity contribution in [1.29, 1.82) is 0 Å². The zero-order valence-corrected chi connectivity index (χ0v) is 21.7. The van der Waals surface area contributed by atoms with Crippen molar-refractivity contribution in [2.24, 2.45) is 4.99 Å². The molecule has 3 rings (SSSR count). The fourth-order valence-corrected chi connectivity index (χ4v) is 4.56. The molecule has 5 nitrogen and oxygen atoms in total. The largest absolute Gasteiger partial charge is 0.378 e. The number of likely N-dealkylation sites (tertiary alicyclic amines) is 1. The summed E-state index contributed by atoms with van der Waals surface area (Å²) in [6, 6.07) is 11.3. The summed E-state index contributed by atoms with van der Waals surface area (Å²) < 4.78 is 6.09. The summed E-state index contributed by atoms with van der Waals surface area (Å²) in [6.07, 6.45) is 13.1. The van der Waals surface area contributed by atoms with Crippen LogP contribution in [0.25, 0.3) is 0 Å². The van der Waals surface area contributed by atoms with Crippen molar-refractivity contribution in [2.75, 3.05) is 33.3 Å². The molecule has 2 N–H and O–H groups in total. The predicted octanol–water partition coefficient (Wildman–Crippen LogP) is 4.95. The molecule has 6 heteroatoms. The monoisotopic (exact) mass is 542 g/mol. The second kappa shape index (κ2) is 15.9. The van der Waals surface area contributed by atoms with E-state index in [2.05, 4.69) is 50.9 Å². The number of hydrogen-bond acceptors (Lipinski definition) is 3. The van der Waals surface area contributed by atoms with Gasteiger partial charge in [-0.1, -0.05) is 56.0 Å². The number of unbranched alkanes of at least 4 members (excludes halogenated alkanes) is 1. The molecule has 0 unspecified atom stereocenters. The molecule has 0 atom stereocenters. The first-order chi connectivity index (χ1) is 14.8. The quantitative estimate of drug-likeness (QED) is 0.152. The number of nitrogens with zero attached hydrogens (tertiary/aromatic N) is 2. The van der Waals surface area contributed by atoms with Crippen LogP contribution in [0.2, 0.25) is 0 Å². The van der Waals surface area contributed by atoms with Gasteiger partial charge in [0.15, 0.2) is 5.96 Å². The van der Waals surface area contributed by atoms with E-state index >= 15 is 0 Å². The number of halogens is 1. The van der Waals surface area contributed by atoms with Crippen molar-refractivity contribution in [1.82, 2.24) is 15.5 Å². The zero-order chi connectivity index (χ0) is 20.9.